The highest BCUT2D eigenvalue weighted by Crippen LogP contribution is 2.43. The van der Waals surface area contributed by atoms with Crippen LogP contribution < -0.4 is 0 Å². The van der Waals surface area contributed by atoms with E-state index in [0.29, 0.717) is 13.0 Å². The lowest BCUT2D eigenvalue weighted by Gasteiger charge is -2.20. The van der Waals surface area contributed by atoms with Crippen molar-refractivity contribution in [1.82, 2.24) is 0 Å². The van der Waals surface area contributed by atoms with Crippen LogP contribution in [0.25, 0.3) is 0 Å². The van der Waals surface area contributed by atoms with Crippen molar-refractivity contribution in [2.24, 2.45) is 0 Å². The van der Waals surface area contributed by atoms with Crippen LogP contribution in [0.15, 0.2) is 60.8 Å². The van der Waals surface area contributed by atoms with Gasteiger partial charge < -0.3 is 24.6 Å². The number of allylic oxidation sites excluding steroid dienone is 10. The molecule has 3 atom stereocenters. The second kappa shape index (κ2) is 40.8. The molecule has 0 aromatic carbocycles. The first kappa shape index (κ1) is 52.2. The Balaban J connectivity index is 4.21. The third kappa shape index (κ3) is 39.8. The fourth-order valence-electron chi connectivity index (χ4n) is 5.50. The number of unbranched alkanes of at least 4 members (excludes halogenated alkanes) is 16. The predicted molar refractivity (Wildman–Crippen MR) is 223 cm³/mol. The zero-order valence-corrected chi connectivity index (χ0v) is 35.1. The predicted octanol–water partition coefficient (Wildman–Crippen LogP) is 11.6. The maximum absolute atomic E-state index is 12.6. The number of hydrogen-bond donors (Lipinski definition) is 3. The molecule has 3 unspecified atom stereocenters. The highest BCUT2D eigenvalue weighted by Gasteiger charge is 2.26. The van der Waals surface area contributed by atoms with Crippen LogP contribution >= 0.6 is 7.82 Å². The molecule has 0 bridgehead atoms. The highest BCUT2D eigenvalue weighted by molar-refractivity contribution is 7.47. The largest absolute Gasteiger partial charge is 0.472 e. The fourth-order valence-corrected chi connectivity index (χ4v) is 6.29. The van der Waals surface area contributed by atoms with Gasteiger partial charge in [-0.15, -0.1) is 0 Å². The number of aliphatic hydroxyl groups is 2. The lowest BCUT2D eigenvalue weighted by molar-refractivity contribution is -0.154. The van der Waals surface area contributed by atoms with Gasteiger partial charge in [-0.25, -0.2) is 4.57 Å². The molecule has 0 saturated carbocycles. The summed E-state index contributed by atoms with van der Waals surface area (Å²) in [6.45, 7) is 3.37. The van der Waals surface area contributed by atoms with E-state index in [1.165, 1.54) is 57.8 Å². The molecule has 0 saturated heterocycles. The monoisotopic (exact) mass is 783 g/mol. The third-order valence-corrected chi connectivity index (χ3v) is 9.67. The Labute approximate surface area is 330 Å². The Bertz CT molecular complexity index is 1020. The van der Waals surface area contributed by atoms with E-state index in [2.05, 4.69) is 74.6 Å². The number of ether oxygens (including phenoxy) is 2. The molecule has 0 radical (unpaired) electrons. The molecule has 0 amide bonds. The summed E-state index contributed by atoms with van der Waals surface area (Å²) in [7, 11) is -4.52. The van der Waals surface area contributed by atoms with Crippen molar-refractivity contribution >= 4 is 13.8 Å². The number of hydrogen-bond acceptors (Lipinski definition) is 8. The number of carbonyl (C=O) groups is 1. The van der Waals surface area contributed by atoms with Crippen molar-refractivity contribution in [2.75, 3.05) is 33.0 Å². The Morgan fingerprint density at radius 3 is 1.59 bits per heavy atom. The highest BCUT2D eigenvalue weighted by atomic mass is 31.2. The van der Waals surface area contributed by atoms with E-state index in [1.807, 2.05) is 0 Å². The average Bonchev–Trinajstić information content (AvgIpc) is 3.16. The average molecular weight is 783 g/mol. The van der Waals surface area contributed by atoms with Crippen LogP contribution in [0.3, 0.4) is 0 Å². The van der Waals surface area contributed by atoms with Crippen molar-refractivity contribution in [2.45, 2.75) is 180 Å². The zero-order valence-electron chi connectivity index (χ0n) is 34.2. The maximum atomic E-state index is 12.6. The van der Waals surface area contributed by atoms with Crippen LogP contribution in [-0.2, 0) is 27.9 Å². The van der Waals surface area contributed by atoms with Crippen LogP contribution in [0.4, 0.5) is 0 Å². The lowest BCUT2D eigenvalue weighted by atomic mass is 10.1. The molecule has 0 aromatic rings. The lowest BCUT2D eigenvalue weighted by Crippen LogP contribution is -2.29. The van der Waals surface area contributed by atoms with Crippen molar-refractivity contribution < 1.29 is 43.0 Å². The third-order valence-electron chi connectivity index (χ3n) is 8.72. The van der Waals surface area contributed by atoms with Crippen LogP contribution in [0.2, 0.25) is 0 Å². The maximum Gasteiger partial charge on any atom is 0.472 e. The van der Waals surface area contributed by atoms with Gasteiger partial charge in [-0.3, -0.25) is 13.8 Å². The van der Waals surface area contributed by atoms with Gasteiger partial charge >= 0.3 is 13.8 Å². The quantitative estimate of drug-likeness (QED) is 0.0240. The Morgan fingerprint density at radius 2 is 1.06 bits per heavy atom. The molecule has 3 N–H and O–H groups in total. The molecular formula is C44H79O9P. The van der Waals surface area contributed by atoms with Crippen molar-refractivity contribution in [3.8, 4) is 0 Å². The minimum absolute atomic E-state index is 0.0405. The Kier molecular flexibility index (Phi) is 39.4. The fraction of sp³-hybridized carbons (Fsp3) is 0.750. The minimum atomic E-state index is -4.52. The van der Waals surface area contributed by atoms with E-state index in [1.54, 1.807) is 0 Å². The van der Waals surface area contributed by atoms with Gasteiger partial charge in [0, 0.05) is 13.0 Å². The molecule has 10 heteroatoms. The molecular weight excluding hydrogens is 703 g/mol. The Hall–Kier alpha value is -1.84. The number of esters is 1. The van der Waals surface area contributed by atoms with Gasteiger partial charge in [0.2, 0.25) is 0 Å². The van der Waals surface area contributed by atoms with E-state index in [9.17, 15) is 19.4 Å². The summed E-state index contributed by atoms with van der Waals surface area (Å²) in [5, 5.41) is 18.3. The molecule has 0 fully saturated rings. The Morgan fingerprint density at radius 1 is 0.593 bits per heavy atom. The van der Waals surface area contributed by atoms with Crippen LogP contribution in [0.5, 0.6) is 0 Å². The smallest absolute Gasteiger partial charge is 0.457 e. The number of aliphatic hydroxyl groups excluding tert-OH is 2. The van der Waals surface area contributed by atoms with Gasteiger partial charge in [0.15, 0.2) is 0 Å². The summed E-state index contributed by atoms with van der Waals surface area (Å²) in [5.74, 6) is -0.402. The molecule has 314 valence electrons. The normalized spacial score (nSPS) is 14.7. The van der Waals surface area contributed by atoms with Crippen molar-refractivity contribution in [3.63, 3.8) is 0 Å². The van der Waals surface area contributed by atoms with Gasteiger partial charge in [-0.05, 0) is 57.8 Å². The molecule has 0 aliphatic rings. The summed E-state index contributed by atoms with van der Waals surface area (Å²) in [6, 6.07) is 0. The van der Waals surface area contributed by atoms with Crippen molar-refractivity contribution in [3.05, 3.63) is 60.8 Å². The van der Waals surface area contributed by atoms with Gasteiger partial charge in [0.05, 0.1) is 26.4 Å². The molecule has 0 aliphatic carbocycles. The molecule has 9 nitrogen and oxygen atoms in total. The summed E-state index contributed by atoms with van der Waals surface area (Å²) in [5.41, 5.74) is 0. The number of carbonyl (C=O) groups excluding carboxylic acids is 1. The van der Waals surface area contributed by atoms with Crippen LogP contribution in [0.1, 0.15) is 168 Å². The second-order valence-electron chi connectivity index (χ2n) is 14.0. The molecule has 0 aliphatic heterocycles. The molecule has 54 heavy (non-hydrogen) atoms. The summed E-state index contributed by atoms with van der Waals surface area (Å²) >= 11 is 0. The molecule has 0 spiro atoms. The topological polar surface area (TPSA) is 132 Å². The van der Waals surface area contributed by atoms with E-state index in [4.69, 9.17) is 23.6 Å². The second-order valence-corrected chi connectivity index (χ2v) is 15.4. The first-order chi connectivity index (χ1) is 26.3. The first-order valence-electron chi connectivity index (χ1n) is 21.3. The van der Waals surface area contributed by atoms with Gasteiger partial charge in [0.25, 0.3) is 0 Å². The minimum Gasteiger partial charge on any atom is -0.457 e. The van der Waals surface area contributed by atoms with E-state index < -0.39 is 39.2 Å². The summed E-state index contributed by atoms with van der Waals surface area (Å²) in [4.78, 5) is 22.6. The number of phosphoric ester groups is 1. The molecule has 0 aromatic heterocycles. The molecule has 0 rings (SSSR count). The van der Waals surface area contributed by atoms with E-state index >= 15 is 0 Å². The zero-order chi connectivity index (χ0) is 39.6. The molecule has 0 heterocycles. The van der Waals surface area contributed by atoms with Crippen LogP contribution in [-0.4, -0.2) is 66.3 Å². The first-order valence-corrected chi connectivity index (χ1v) is 22.8. The summed E-state index contributed by atoms with van der Waals surface area (Å²) in [6.07, 6.45) is 46.0. The van der Waals surface area contributed by atoms with E-state index in [-0.39, 0.29) is 19.6 Å². The van der Waals surface area contributed by atoms with E-state index in [0.717, 1.165) is 83.5 Å². The summed E-state index contributed by atoms with van der Waals surface area (Å²) < 4.78 is 33.3. The number of rotatable bonds is 40. The standard InChI is InChI=1S/C44H79O9P/c1-3-5-7-9-11-13-15-17-18-19-20-21-22-23-24-25-26-28-30-32-34-36-44(47)53-43(41-52-54(48,49)51-39-42(46)38-45)40-50-37-35-33-31-29-27-16-14-12-10-8-6-4-2/h5,7,11,13,17-18,20-21,23-24,42-43,45-46H,3-4,6,8-10,12,14-16,19,22,25-41H2,1-2H3,(H,48,49)/b7-5-,13-11-,18-17-,21-20-,24-23-. The van der Waals surface area contributed by atoms with Gasteiger partial charge in [0.1, 0.15) is 12.2 Å². The van der Waals surface area contributed by atoms with Gasteiger partial charge in [-0.1, -0.05) is 164 Å². The van der Waals surface area contributed by atoms with Crippen molar-refractivity contribution in [1.29, 1.82) is 0 Å². The van der Waals surface area contributed by atoms with Gasteiger partial charge in [-0.2, -0.15) is 0 Å². The SMILES string of the molecule is CC/C=C\C/C=C\C/C=C\C/C=C\C/C=C\CCCCCCCC(=O)OC(COCCCCCCCCCCCCCC)COP(=O)(O)OCC(O)CO. The number of phosphoric acid groups is 1. The van der Waals surface area contributed by atoms with Crippen LogP contribution in [0, 0.1) is 0 Å².